The standard InChI is InChI=1S/C22H27NO3S/c1-4-18-8-10-19(11-9-18)23-21(24)22(13-5-6-14-22)27(25,26)20-12-7-16(2)17(3)15-20/h7-12,15H,4-6,13-14H2,1-3H3,(H,23,24). The molecule has 0 spiro atoms. The average molecular weight is 386 g/mol. The van der Waals surface area contributed by atoms with Crippen LogP contribution in [0.1, 0.15) is 49.3 Å². The number of hydrogen-bond donors (Lipinski definition) is 1. The molecule has 0 bridgehead atoms. The van der Waals surface area contributed by atoms with Gasteiger partial charge in [-0.05, 0) is 74.1 Å². The number of nitrogens with one attached hydrogen (secondary N) is 1. The van der Waals surface area contributed by atoms with Crippen molar-refractivity contribution >= 4 is 21.4 Å². The van der Waals surface area contributed by atoms with Crippen molar-refractivity contribution in [1.29, 1.82) is 0 Å². The summed E-state index contributed by atoms with van der Waals surface area (Å²) in [4.78, 5) is 13.4. The smallest absolute Gasteiger partial charge is 0.246 e. The van der Waals surface area contributed by atoms with Crippen molar-refractivity contribution in [2.75, 3.05) is 5.32 Å². The fourth-order valence-electron chi connectivity index (χ4n) is 3.74. The molecule has 5 heteroatoms. The summed E-state index contributed by atoms with van der Waals surface area (Å²) in [7, 11) is -3.78. The molecule has 2 aromatic carbocycles. The number of amides is 1. The first-order valence-electron chi connectivity index (χ1n) is 9.52. The van der Waals surface area contributed by atoms with Crippen LogP contribution in [0.4, 0.5) is 5.69 Å². The third-order valence-electron chi connectivity index (χ3n) is 5.75. The van der Waals surface area contributed by atoms with E-state index >= 15 is 0 Å². The molecular weight excluding hydrogens is 358 g/mol. The minimum absolute atomic E-state index is 0.240. The van der Waals surface area contributed by atoms with Gasteiger partial charge in [0.15, 0.2) is 14.6 Å². The Bertz CT molecular complexity index is 940. The molecule has 1 fully saturated rings. The van der Waals surface area contributed by atoms with Crippen molar-refractivity contribution in [3.63, 3.8) is 0 Å². The minimum atomic E-state index is -3.78. The van der Waals surface area contributed by atoms with Gasteiger partial charge in [-0.25, -0.2) is 8.42 Å². The Balaban J connectivity index is 1.96. The number of aryl methyl sites for hydroxylation is 3. The summed E-state index contributed by atoms with van der Waals surface area (Å²) >= 11 is 0. The number of carbonyl (C=O) groups is 1. The maximum absolute atomic E-state index is 13.5. The van der Waals surface area contributed by atoms with Crippen LogP contribution in [0.5, 0.6) is 0 Å². The van der Waals surface area contributed by atoms with Crippen LogP contribution in [0.15, 0.2) is 47.4 Å². The molecule has 1 saturated carbocycles. The van der Waals surface area contributed by atoms with Crippen LogP contribution in [0.3, 0.4) is 0 Å². The van der Waals surface area contributed by atoms with Crippen LogP contribution in [0.2, 0.25) is 0 Å². The van der Waals surface area contributed by atoms with E-state index in [4.69, 9.17) is 0 Å². The number of hydrogen-bond acceptors (Lipinski definition) is 3. The van der Waals surface area contributed by atoms with Gasteiger partial charge in [-0.15, -0.1) is 0 Å². The molecule has 1 N–H and O–H groups in total. The summed E-state index contributed by atoms with van der Waals surface area (Å²) in [6, 6.07) is 12.7. The van der Waals surface area contributed by atoms with Gasteiger partial charge in [-0.3, -0.25) is 4.79 Å². The summed E-state index contributed by atoms with van der Waals surface area (Å²) < 4.78 is 25.6. The van der Waals surface area contributed by atoms with Gasteiger partial charge in [0.05, 0.1) is 4.90 Å². The molecule has 1 amide bonds. The van der Waals surface area contributed by atoms with Crippen molar-refractivity contribution in [2.24, 2.45) is 0 Å². The SMILES string of the molecule is CCc1ccc(NC(=O)C2(S(=O)(=O)c3ccc(C)c(C)c3)CCCC2)cc1. The molecule has 144 valence electrons. The van der Waals surface area contributed by atoms with Crippen molar-refractivity contribution in [2.45, 2.75) is 62.5 Å². The first-order chi connectivity index (χ1) is 12.8. The predicted octanol–water partition coefficient (Wildman–Crippen LogP) is 4.59. The molecule has 2 aromatic rings. The van der Waals surface area contributed by atoms with E-state index < -0.39 is 20.5 Å². The van der Waals surface area contributed by atoms with Crippen LogP contribution < -0.4 is 5.32 Å². The fraction of sp³-hybridized carbons (Fsp3) is 0.409. The maximum atomic E-state index is 13.5. The molecular formula is C22H27NO3S. The summed E-state index contributed by atoms with van der Waals surface area (Å²) in [6.07, 6.45) is 3.13. The lowest BCUT2D eigenvalue weighted by molar-refractivity contribution is -0.118. The topological polar surface area (TPSA) is 63.2 Å². The molecule has 27 heavy (non-hydrogen) atoms. The van der Waals surface area contributed by atoms with Crippen LogP contribution in [0, 0.1) is 13.8 Å². The van der Waals surface area contributed by atoms with Gasteiger partial charge in [0.1, 0.15) is 0 Å². The number of rotatable bonds is 5. The Morgan fingerprint density at radius 2 is 1.63 bits per heavy atom. The second-order valence-electron chi connectivity index (χ2n) is 7.46. The molecule has 0 heterocycles. The zero-order valence-electron chi connectivity index (χ0n) is 16.2. The van der Waals surface area contributed by atoms with E-state index in [1.54, 1.807) is 12.1 Å². The van der Waals surface area contributed by atoms with Gasteiger partial charge >= 0.3 is 0 Å². The minimum Gasteiger partial charge on any atom is -0.325 e. The highest BCUT2D eigenvalue weighted by atomic mass is 32.2. The molecule has 0 radical (unpaired) electrons. The highest BCUT2D eigenvalue weighted by molar-refractivity contribution is 7.93. The van der Waals surface area contributed by atoms with Crippen LogP contribution >= 0.6 is 0 Å². The number of carbonyl (C=O) groups excluding carboxylic acids is 1. The lowest BCUT2D eigenvalue weighted by atomic mass is 10.1. The lowest BCUT2D eigenvalue weighted by Gasteiger charge is -2.28. The van der Waals surface area contributed by atoms with Gasteiger partial charge in [0.25, 0.3) is 0 Å². The molecule has 1 aliphatic carbocycles. The zero-order chi connectivity index (χ0) is 19.7. The van der Waals surface area contributed by atoms with E-state index in [1.165, 1.54) is 5.56 Å². The van der Waals surface area contributed by atoms with E-state index in [9.17, 15) is 13.2 Å². The predicted molar refractivity (Wildman–Crippen MR) is 109 cm³/mol. The van der Waals surface area contributed by atoms with Crippen molar-refractivity contribution in [3.05, 3.63) is 59.2 Å². The Kier molecular flexibility index (Phi) is 5.43. The maximum Gasteiger partial charge on any atom is 0.246 e. The van der Waals surface area contributed by atoms with Gasteiger partial charge in [0.2, 0.25) is 5.91 Å². The van der Waals surface area contributed by atoms with Crippen molar-refractivity contribution in [3.8, 4) is 0 Å². The quantitative estimate of drug-likeness (QED) is 0.819. The Morgan fingerprint density at radius 1 is 1.00 bits per heavy atom. The van der Waals surface area contributed by atoms with E-state index in [2.05, 4.69) is 12.2 Å². The second kappa shape index (κ2) is 7.47. The second-order valence-corrected chi connectivity index (χ2v) is 9.72. The zero-order valence-corrected chi connectivity index (χ0v) is 17.0. The molecule has 0 atom stereocenters. The van der Waals surface area contributed by atoms with Gasteiger partial charge < -0.3 is 5.32 Å². The molecule has 1 aliphatic rings. The van der Waals surface area contributed by atoms with Crippen LogP contribution in [-0.2, 0) is 21.1 Å². The fourth-order valence-corrected chi connectivity index (χ4v) is 5.89. The van der Waals surface area contributed by atoms with Crippen molar-refractivity contribution in [1.82, 2.24) is 0 Å². The monoisotopic (exact) mass is 385 g/mol. The third-order valence-corrected chi connectivity index (χ3v) is 8.25. The number of sulfone groups is 1. The molecule has 0 saturated heterocycles. The summed E-state index contributed by atoms with van der Waals surface area (Å²) in [5.74, 6) is -0.414. The highest BCUT2D eigenvalue weighted by Gasteiger charge is 2.53. The lowest BCUT2D eigenvalue weighted by Crippen LogP contribution is -2.47. The van der Waals surface area contributed by atoms with Gasteiger partial charge in [-0.1, -0.05) is 38.0 Å². The van der Waals surface area contributed by atoms with Crippen LogP contribution in [0.25, 0.3) is 0 Å². The van der Waals surface area contributed by atoms with Gasteiger partial charge in [-0.2, -0.15) is 0 Å². The molecule has 0 unspecified atom stereocenters. The Labute approximate surface area is 161 Å². The number of anilines is 1. The largest absolute Gasteiger partial charge is 0.325 e. The van der Waals surface area contributed by atoms with E-state index in [0.29, 0.717) is 18.5 Å². The molecule has 4 nitrogen and oxygen atoms in total. The van der Waals surface area contributed by atoms with Gasteiger partial charge in [0, 0.05) is 5.69 Å². The number of benzene rings is 2. The molecule has 0 aliphatic heterocycles. The van der Waals surface area contributed by atoms with E-state index in [-0.39, 0.29) is 4.90 Å². The third kappa shape index (κ3) is 3.53. The first kappa shape index (κ1) is 19.6. The molecule has 0 aromatic heterocycles. The Morgan fingerprint density at radius 3 is 2.19 bits per heavy atom. The van der Waals surface area contributed by atoms with Crippen molar-refractivity contribution < 1.29 is 13.2 Å². The van der Waals surface area contributed by atoms with E-state index in [0.717, 1.165) is 30.4 Å². The van der Waals surface area contributed by atoms with E-state index in [1.807, 2.05) is 44.2 Å². The Hall–Kier alpha value is -2.14. The highest BCUT2D eigenvalue weighted by Crippen LogP contribution is 2.41. The summed E-state index contributed by atoms with van der Waals surface area (Å²) in [5.41, 5.74) is 3.76. The average Bonchev–Trinajstić information content (AvgIpc) is 3.16. The molecule has 3 rings (SSSR count). The summed E-state index contributed by atoms with van der Waals surface area (Å²) in [6.45, 7) is 5.91. The first-order valence-corrected chi connectivity index (χ1v) is 11.0. The van der Waals surface area contributed by atoms with Crippen LogP contribution in [-0.4, -0.2) is 19.1 Å². The normalized spacial score (nSPS) is 16.3. The summed E-state index contributed by atoms with van der Waals surface area (Å²) in [5, 5.41) is 2.86.